The van der Waals surface area contributed by atoms with E-state index in [-0.39, 0.29) is 5.82 Å². The molecule has 0 unspecified atom stereocenters. The van der Waals surface area contributed by atoms with Crippen molar-refractivity contribution >= 4 is 11.5 Å². The highest BCUT2D eigenvalue weighted by Gasteiger charge is 2.31. The van der Waals surface area contributed by atoms with Crippen molar-refractivity contribution < 1.29 is 13.2 Å². The Morgan fingerprint density at radius 1 is 1.19 bits per heavy atom. The van der Waals surface area contributed by atoms with Crippen molar-refractivity contribution in [3.8, 4) is 11.3 Å². The van der Waals surface area contributed by atoms with Crippen LogP contribution >= 0.6 is 0 Å². The standard InChI is InChI=1S/C14H15F3N4/c1-3-19-11-7-9(14(15,16)17)4-5-10(11)13-8(2)6-12(18)20-21-13/h4-7,19H,3H2,1-2H3,(H2,18,20). The topological polar surface area (TPSA) is 63.8 Å². The van der Waals surface area contributed by atoms with Crippen molar-refractivity contribution in [1.29, 1.82) is 0 Å². The highest BCUT2D eigenvalue weighted by atomic mass is 19.4. The number of alkyl halides is 3. The summed E-state index contributed by atoms with van der Waals surface area (Å²) in [7, 11) is 0. The summed E-state index contributed by atoms with van der Waals surface area (Å²) in [5.41, 5.74) is 7.03. The van der Waals surface area contributed by atoms with E-state index in [9.17, 15) is 13.2 Å². The van der Waals surface area contributed by atoms with Crippen LogP contribution in [0.1, 0.15) is 18.1 Å². The van der Waals surface area contributed by atoms with E-state index < -0.39 is 11.7 Å². The van der Waals surface area contributed by atoms with Crippen LogP contribution in [-0.2, 0) is 6.18 Å². The molecule has 0 saturated carbocycles. The first-order valence-corrected chi connectivity index (χ1v) is 6.38. The zero-order valence-electron chi connectivity index (χ0n) is 11.6. The summed E-state index contributed by atoms with van der Waals surface area (Å²) >= 11 is 0. The van der Waals surface area contributed by atoms with Gasteiger partial charge in [-0.1, -0.05) is 6.07 Å². The lowest BCUT2D eigenvalue weighted by Gasteiger charge is -2.15. The maximum atomic E-state index is 12.8. The van der Waals surface area contributed by atoms with E-state index in [4.69, 9.17) is 5.73 Å². The van der Waals surface area contributed by atoms with Crippen LogP contribution in [0.25, 0.3) is 11.3 Å². The molecule has 2 aromatic rings. The zero-order chi connectivity index (χ0) is 15.6. The summed E-state index contributed by atoms with van der Waals surface area (Å²) in [4.78, 5) is 0. The molecule has 0 aliphatic heterocycles. The third kappa shape index (κ3) is 3.24. The van der Waals surface area contributed by atoms with Gasteiger partial charge in [-0.05, 0) is 37.6 Å². The quantitative estimate of drug-likeness (QED) is 0.910. The van der Waals surface area contributed by atoms with Crippen molar-refractivity contribution in [2.24, 2.45) is 0 Å². The van der Waals surface area contributed by atoms with Crippen molar-refractivity contribution in [2.45, 2.75) is 20.0 Å². The summed E-state index contributed by atoms with van der Waals surface area (Å²) in [5.74, 6) is 0.271. The van der Waals surface area contributed by atoms with Crippen molar-refractivity contribution in [1.82, 2.24) is 10.2 Å². The molecular formula is C14H15F3N4. The van der Waals surface area contributed by atoms with Gasteiger partial charge in [0.2, 0.25) is 0 Å². The number of halogens is 3. The van der Waals surface area contributed by atoms with Crippen LogP contribution in [0.15, 0.2) is 24.3 Å². The molecule has 0 bridgehead atoms. The molecule has 0 aliphatic carbocycles. The summed E-state index contributed by atoms with van der Waals surface area (Å²) in [6, 6.07) is 5.15. The van der Waals surface area contributed by atoms with Crippen LogP contribution < -0.4 is 11.1 Å². The SMILES string of the molecule is CCNc1cc(C(F)(F)F)ccc1-c1nnc(N)cc1C. The number of hydrogen-bond donors (Lipinski definition) is 2. The Morgan fingerprint density at radius 3 is 2.48 bits per heavy atom. The molecule has 112 valence electrons. The van der Waals surface area contributed by atoms with E-state index in [1.807, 2.05) is 6.92 Å². The number of nitrogen functional groups attached to an aromatic ring is 1. The van der Waals surface area contributed by atoms with Crippen molar-refractivity contribution in [3.63, 3.8) is 0 Å². The molecule has 0 amide bonds. The van der Waals surface area contributed by atoms with Gasteiger partial charge < -0.3 is 11.1 Å². The molecule has 0 atom stereocenters. The van der Waals surface area contributed by atoms with Crippen LogP contribution in [0.2, 0.25) is 0 Å². The van der Waals surface area contributed by atoms with E-state index in [0.717, 1.165) is 17.7 Å². The number of nitrogens with one attached hydrogen (secondary N) is 1. The Bertz CT molecular complexity index is 653. The zero-order valence-corrected chi connectivity index (χ0v) is 11.6. The Kier molecular flexibility index (Phi) is 4.02. The average Bonchev–Trinajstić information content (AvgIpc) is 2.38. The lowest BCUT2D eigenvalue weighted by molar-refractivity contribution is -0.137. The van der Waals surface area contributed by atoms with Gasteiger partial charge in [-0.2, -0.15) is 13.2 Å². The van der Waals surface area contributed by atoms with Gasteiger partial charge in [0.25, 0.3) is 0 Å². The number of nitrogens with zero attached hydrogens (tertiary/aromatic N) is 2. The second-order valence-corrected chi connectivity index (χ2v) is 4.59. The van der Waals surface area contributed by atoms with E-state index in [1.54, 1.807) is 13.0 Å². The summed E-state index contributed by atoms with van der Waals surface area (Å²) in [6.07, 6.45) is -4.38. The molecule has 2 rings (SSSR count). The molecule has 0 fully saturated rings. The monoisotopic (exact) mass is 296 g/mol. The van der Waals surface area contributed by atoms with Gasteiger partial charge in [0, 0.05) is 17.8 Å². The van der Waals surface area contributed by atoms with Crippen LogP contribution in [-0.4, -0.2) is 16.7 Å². The molecule has 1 aromatic carbocycles. The van der Waals surface area contributed by atoms with Crippen molar-refractivity contribution in [2.75, 3.05) is 17.6 Å². The molecule has 1 aromatic heterocycles. The molecule has 7 heteroatoms. The second kappa shape index (κ2) is 5.59. The molecule has 1 heterocycles. The Morgan fingerprint density at radius 2 is 1.90 bits per heavy atom. The highest BCUT2D eigenvalue weighted by molar-refractivity contribution is 5.78. The fourth-order valence-corrected chi connectivity index (χ4v) is 2.04. The second-order valence-electron chi connectivity index (χ2n) is 4.59. The van der Waals surface area contributed by atoms with E-state index >= 15 is 0 Å². The minimum absolute atomic E-state index is 0.271. The largest absolute Gasteiger partial charge is 0.416 e. The van der Waals surface area contributed by atoms with Crippen LogP contribution in [0, 0.1) is 6.92 Å². The molecule has 0 spiro atoms. The normalized spacial score (nSPS) is 11.5. The van der Waals surface area contributed by atoms with Gasteiger partial charge in [-0.15, -0.1) is 10.2 Å². The fourth-order valence-electron chi connectivity index (χ4n) is 2.04. The number of benzene rings is 1. The predicted molar refractivity (Wildman–Crippen MR) is 75.8 cm³/mol. The Hall–Kier alpha value is -2.31. The lowest BCUT2D eigenvalue weighted by atomic mass is 10.0. The van der Waals surface area contributed by atoms with Gasteiger partial charge >= 0.3 is 6.18 Å². The highest BCUT2D eigenvalue weighted by Crippen LogP contribution is 2.36. The molecular weight excluding hydrogens is 281 g/mol. The van der Waals surface area contributed by atoms with Gasteiger partial charge in [0.1, 0.15) is 5.82 Å². The minimum Gasteiger partial charge on any atom is -0.385 e. The first-order chi connectivity index (χ1) is 9.82. The molecule has 0 radical (unpaired) electrons. The third-order valence-electron chi connectivity index (χ3n) is 2.97. The maximum absolute atomic E-state index is 12.8. The minimum atomic E-state index is -4.38. The number of aryl methyl sites for hydroxylation is 1. The van der Waals surface area contributed by atoms with Gasteiger partial charge in [0.15, 0.2) is 0 Å². The lowest BCUT2D eigenvalue weighted by Crippen LogP contribution is -2.08. The van der Waals surface area contributed by atoms with Gasteiger partial charge in [-0.25, -0.2) is 0 Å². The number of aromatic nitrogens is 2. The Balaban J connectivity index is 2.57. The summed E-state index contributed by atoms with van der Waals surface area (Å²) in [6.45, 7) is 4.09. The average molecular weight is 296 g/mol. The molecule has 21 heavy (non-hydrogen) atoms. The number of nitrogens with two attached hydrogens (primary N) is 1. The predicted octanol–water partition coefficient (Wildman–Crippen LogP) is 3.48. The van der Waals surface area contributed by atoms with E-state index in [2.05, 4.69) is 15.5 Å². The van der Waals surface area contributed by atoms with E-state index in [1.165, 1.54) is 6.07 Å². The Labute approximate surface area is 120 Å². The molecule has 0 saturated heterocycles. The first-order valence-electron chi connectivity index (χ1n) is 6.38. The summed E-state index contributed by atoms with van der Waals surface area (Å²) < 4.78 is 38.4. The van der Waals surface area contributed by atoms with Gasteiger partial charge in [-0.3, -0.25) is 0 Å². The van der Waals surface area contributed by atoms with E-state index in [0.29, 0.717) is 23.5 Å². The smallest absolute Gasteiger partial charge is 0.385 e. The van der Waals surface area contributed by atoms with Gasteiger partial charge in [0.05, 0.1) is 11.3 Å². The molecule has 4 nitrogen and oxygen atoms in total. The third-order valence-corrected chi connectivity index (χ3v) is 2.97. The van der Waals surface area contributed by atoms with Crippen LogP contribution in [0.3, 0.4) is 0 Å². The molecule has 0 aliphatic rings. The fraction of sp³-hybridized carbons (Fsp3) is 0.286. The first kappa shape index (κ1) is 15.1. The maximum Gasteiger partial charge on any atom is 0.416 e. The number of rotatable bonds is 3. The van der Waals surface area contributed by atoms with Crippen molar-refractivity contribution in [3.05, 3.63) is 35.4 Å². The molecule has 3 N–H and O–H groups in total. The summed E-state index contributed by atoms with van der Waals surface area (Å²) in [5, 5.41) is 10.7. The van der Waals surface area contributed by atoms with Crippen LogP contribution in [0.5, 0.6) is 0 Å². The van der Waals surface area contributed by atoms with Crippen LogP contribution in [0.4, 0.5) is 24.7 Å². The number of hydrogen-bond acceptors (Lipinski definition) is 4. The number of anilines is 2.